The molecular weight excluding hydrogens is 224 g/mol. The highest BCUT2D eigenvalue weighted by molar-refractivity contribution is 5.25. The molecule has 0 saturated carbocycles. The highest BCUT2D eigenvalue weighted by Crippen LogP contribution is 2.16. The molecular formula is C14H18N4. The molecule has 2 aromatic rings. The van der Waals surface area contributed by atoms with Crippen LogP contribution in [0.1, 0.15) is 29.2 Å². The Kier molecular flexibility index (Phi) is 2.88. The van der Waals surface area contributed by atoms with E-state index < -0.39 is 0 Å². The van der Waals surface area contributed by atoms with Gasteiger partial charge >= 0.3 is 0 Å². The number of nitrogens with zero attached hydrogens (tertiary/aromatic N) is 3. The molecule has 0 aliphatic carbocycles. The Bertz CT molecular complexity index is 559. The number of benzene rings is 1. The van der Waals surface area contributed by atoms with E-state index >= 15 is 0 Å². The van der Waals surface area contributed by atoms with E-state index in [1.54, 1.807) is 0 Å². The maximum absolute atomic E-state index is 6.02. The second-order valence-electron chi connectivity index (χ2n) is 5.11. The number of fused-ring (bicyclic) bond motifs is 1. The van der Waals surface area contributed by atoms with Crippen LogP contribution in [-0.4, -0.2) is 20.8 Å². The summed E-state index contributed by atoms with van der Waals surface area (Å²) in [6.07, 6.45) is 2.80. The van der Waals surface area contributed by atoms with Gasteiger partial charge in [0.25, 0.3) is 0 Å². The van der Waals surface area contributed by atoms with Crippen LogP contribution in [0.3, 0.4) is 0 Å². The molecule has 0 saturated heterocycles. The average molecular weight is 242 g/mol. The number of rotatable bonds is 2. The van der Waals surface area contributed by atoms with Gasteiger partial charge in [-0.1, -0.05) is 29.8 Å². The first-order valence-electron chi connectivity index (χ1n) is 6.44. The standard InChI is InChI=1S/C14H18N4/c1-10-3-2-4-11(7-10)8-14-17-16-13-6-5-12(15)9-18(13)14/h2-4,7,12H,5-6,8-9,15H2,1H3. The van der Waals surface area contributed by atoms with Gasteiger partial charge in [0.1, 0.15) is 11.6 Å². The molecule has 1 aliphatic heterocycles. The molecule has 1 aromatic carbocycles. The largest absolute Gasteiger partial charge is 0.326 e. The number of aryl methyl sites for hydroxylation is 2. The van der Waals surface area contributed by atoms with Gasteiger partial charge < -0.3 is 10.3 Å². The predicted molar refractivity (Wildman–Crippen MR) is 70.3 cm³/mol. The minimum atomic E-state index is 0.241. The van der Waals surface area contributed by atoms with Crippen LogP contribution in [-0.2, 0) is 19.4 Å². The molecule has 2 heterocycles. The molecule has 1 atom stereocenters. The Morgan fingerprint density at radius 3 is 3.11 bits per heavy atom. The third-order valence-corrected chi connectivity index (χ3v) is 3.50. The van der Waals surface area contributed by atoms with E-state index in [2.05, 4.69) is 46.0 Å². The lowest BCUT2D eigenvalue weighted by molar-refractivity contribution is 0.445. The van der Waals surface area contributed by atoms with Crippen molar-refractivity contribution in [1.29, 1.82) is 0 Å². The monoisotopic (exact) mass is 242 g/mol. The fraction of sp³-hybridized carbons (Fsp3) is 0.429. The van der Waals surface area contributed by atoms with Crippen molar-refractivity contribution < 1.29 is 0 Å². The number of nitrogens with two attached hydrogens (primary N) is 1. The maximum atomic E-state index is 6.02. The van der Waals surface area contributed by atoms with Crippen LogP contribution in [0.15, 0.2) is 24.3 Å². The number of hydrogen-bond donors (Lipinski definition) is 1. The summed E-state index contributed by atoms with van der Waals surface area (Å²) < 4.78 is 2.19. The Morgan fingerprint density at radius 1 is 1.39 bits per heavy atom. The Morgan fingerprint density at radius 2 is 2.28 bits per heavy atom. The molecule has 18 heavy (non-hydrogen) atoms. The van der Waals surface area contributed by atoms with Crippen molar-refractivity contribution in [2.24, 2.45) is 5.73 Å². The second-order valence-corrected chi connectivity index (χ2v) is 5.11. The van der Waals surface area contributed by atoms with E-state index in [1.165, 1.54) is 11.1 Å². The van der Waals surface area contributed by atoms with E-state index in [4.69, 9.17) is 5.73 Å². The van der Waals surface area contributed by atoms with Crippen molar-refractivity contribution >= 4 is 0 Å². The lowest BCUT2D eigenvalue weighted by Crippen LogP contribution is -2.32. The Labute approximate surface area is 107 Å². The van der Waals surface area contributed by atoms with Crippen LogP contribution in [0.4, 0.5) is 0 Å². The van der Waals surface area contributed by atoms with E-state index in [-0.39, 0.29) is 6.04 Å². The average Bonchev–Trinajstić information content (AvgIpc) is 2.72. The lowest BCUT2D eigenvalue weighted by atomic mass is 10.1. The summed E-state index contributed by atoms with van der Waals surface area (Å²) in [5.74, 6) is 2.12. The van der Waals surface area contributed by atoms with Crippen LogP contribution in [0.25, 0.3) is 0 Å². The lowest BCUT2D eigenvalue weighted by Gasteiger charge is -2.20. The van der Waals surface area contributed by atoms with E-state index in [1.807, 2.05) is 0 Å². The van der Waals surface area contributed by atoms with Crippen molar-refractivity contribution in [3.8, 4) is 0 Å². The molecule has 4 heteroatoms. The fourth-order valence-corrected chi connectivity index (χ4v) is 2.54. The molecule has 1 unspecified atom stereocenters. The first-order valence-corrected chi connectivity index (χ1v) is 6.44. The third-order valence-electron chi connectivity index (χ3n) is 3.50. The molecule has 1 aliphatic rings. The molecule has 0 amide bonds. The zero-order valence-electron chi connectivity index (χ0n) is 10.6. The third kappa shape index (κ3) is 2.16. The zero-order valence-corrected chi connectivity index (χ0v) is 10.6. The van der Waals surface area contributed by atoms with Crippen molar-refractivity contribution in [1.82, 2.24) is 14.8 Å². The molecule has 94 valence electrons. The summed E-state index contributed by atoms with van der Waals surface area (Å²) in [4.78, 5) is 0. The number of aromatic nitrogens is 3. The maximum Gasteiger partial charge on any atom is 0.137 e. The minimum Gasteiger partial charge on any atom is -0.326 e. The molecule has 0 radical (unpaired) electrons. The summed E-state index contributed by atoms with van der Waals surface area (Å²) in [5, 5.41) is 8.58. The molecule has 4 nitrogen and oxygen atoms in total. The van der Waals surface area contributed by atoms with Crippen LogP contribution >= 0.6 is 0 Å². The highest BCUT2D eigenvalue weighted by Gasteiger charge is 2.20. The molecule has 0 fully saturated rings. The molecule has 1 aromatic heterocycles. The number of hydrogen-bond acceptors (Lipinski definition) is 3. The smallest absolute Gasteiger partial charge is 0.137 e. The predicted octanol–water partition coefficient (Wildman–Crippen LogP) is 1.45. The summed E-state index contributed by atoms with van der Waals surface area (Å²) in [6.45, 7) is 2.96. The SMILES string of the molecule is Cc1cccc(Cc2nnc3n2CC(N)CC3)c1. The Hall–Kier alpha value is -1.68. The minimum absolute atomic E-state index is 0.241. The van der Waals surface area contributed by atoms with Crippen molar-refractivity contribution in [2.45, 2.75) is 38.8 Å². The van der Waals surface area contributed by atoms with Gasteiger partial charge in [-0.3, -0.25) is 0 Å². The topological polar surface area (TPSA) is 56.7 Å². The van der Waals surface area contributed by atoms with Crippen LogP contribution in [0.2, 0.25) is 0 Å². The summed E-state index contributed by atoms with van der Waals surface area (Å²) in [7, 11) is 0. The summed E-state index contributed by atoms with van der Waals surface area (Å²) in [5.41, 5.74) is 8.58. The molecule has 0 spiro atoms. The van der Waals surface area contributed by atoms with Crippen molar-refractivity contribution in [3.63, 3.8) is 0 Å². The second kappa shape index (κ2) is 4.53. The van der Waals surface area contributed by atoms with E-state index in [0.717, 1.165) is 37.5 Å². The van der Waals surface area contributed by atoms with Gasteiger partial charge in [-0.25, -0.2) is 0 Å². The first-order chi connectivity index (χ1) is 8.72. The van der Waals surface area contributed by atoms with E-state index in [9.17, 15) is 0 Å². The van der Waals surface area contributed by atoms with Gasteiger partial charge in [0.2, 0.25) is 0 Å². The van der Waals surface area contributed by atoms with Crippen molar-refractivity contribution in [3.05, 3.63) is 47.0 Å². The molecule has 3 rings (SSSR count). The van der Waals surface area contributed by atoms with Gasteiger partial charge in [0.05, 0.1) is 0 Å². The highest BCUT2D eigenvalue weighted by atomic mass is 15.3. The Balaban J connectivity index is 1.87. The first kappa shape index (κ1) is 11.4. The molecule has 2 N–H and O–H groups in total. The molecule has 0 bridgehead atoms. The van der Waals surface area contributed by atoms with Crippen LogP contribution < -0.4 is 5.73 Å². The van der Waals surface area contributed by atoms with Gasteiger partial charge in [0.15, 0.2) is 0 Å². The van der Waals surface area contributed by atoms with Crippen molar-refractivity contribution in [2.75, 3.05) is 0 Å². The van der Waals surface area contributed by atoms with Gasteiger partial charge in [-0.15, -0.1) is 10.2 Å². The van der Waals surface area contributed by atoms with E-state index in [0.29, 0.717) is 0 Å². The quantitative estimate of drug-likeness (QED) is 0.867. The van der Waals surface area contributed by atoms with Crippen LogP contribution in [0, 0.1) is 6.92 Å². The summed E-state index contributed by atoms with van der Waals surface area (Å²) in [6, 6.07) is 8.77. The fourth-order valence-electron chi connectivity index (χ4n) is 2.54. The normalized spacial score (nSPS) is 18.7. The summed E-state index contributed by atoms with van der Waals surface area (Å²) >= 11 is 0. The van der Waals surface area contributed by atoms with Crippen LogP contribution in [0.5, 0.6) is 0 Å². The zero-order chi connectivity index (χ0) is 12.5. The van der Waals surface area contributed by atoms with Gasteiger partial charge in [-0.05, 0) is 18.9 Å². The van der Waals surface area contributed by atoms with Gasteiger partial charge in [0, 0.05) is 25.4 Å². The van der Waals surface area contributed by atoms with Gasteiger partial charge in [-0.2, -0.15) is 0 Å².